The molecule has 0 heterocycles. The third-order valence-electron chi connectivity index (χ3n) is 1.78. The summed E-state index contributed by atoms with van der Waals surface area (Å²) in [7, 11) is 0. The highest BCUT2D eigenvalue weighted by molar-refractivity contribution is 5.25. The summed E-state index contributed by atoms with van der Waals surface area (Å²) in [5, 5.41) is 0. The van der Waals surface area contributed by atoms with Gasteiger partial charge >= 0.3 is 0 Å². The number of aryl methyl sites for hydroxylation is 2. The van der Waals surface area contributed by atoms with Crippen LogP contribution in [0.5, 0.6) is 0 Å². The average Bonchev–Trinajstić information content (AvgIpc) is 2.13. The molecule has 66 valence electrons. The molecule has 0 bridgehead atoms. The van der Waals surface area contributed by atoms with Gasteiger partial charge in [-0.05, 0) is 24.5 Å². The molecule has 0 N–H and O–H groups in total. The van der Waals surface area contributed by atoms with Crippen LogP contribution in [0.3, 0.4) is 0 Å². The van der Waals surface area contributed by atoms with E-state index in [2.05, 4.69) is 51.3 Å². The van der Waals surface area contributed by atoms with E-state index >= 15 is 0 Å². The molecule has 0 unspecified atom stereocenters. The zero-order valence-corrected chi connectivity index (χ0v) is 8.14. The van der Waals surface area contributed by atoms with Crippen LogP contribution in [-0.2, 0) is 6.42 Å². The normalized spacial score (nSPS) is 8.50. The van der Waals surface area contributed by atoms with E-state index in [1.807, 2.05) is 0 Å². The second-order valence-corrected chi connectivity index (χ2v) is 2.68. The highest BCUT2D eigenvalue weighted by Gasteiger charge is 1.92. The van der Waals surface area contributed by atoms with E-state index in [0.29, 0.717) is 0 Å². The smallest absolute Gasteiger partial charge is 0.0279 e. The Morgan fingerprint density at radius 3 is 2.25 bits per heavy atom. The van der Waals surface area contributed by atoms with Gasteiger partial charge in [-0.1, -0.05) is 37.6 Å². The lowest BCUT2D eigenvalue weighted by molar-refractivity contribution is 0.913. The van der Waals surface area contributed by atoms with Crippen molar-refractivity contribution in [3.8, 4) is 0 Å². The molecular formula is C12H18. The predicted molar refractivity (Wildman–Crippen MR) is 56.4 cm³/mol. The van der Waals surface area contributed by atoms with E-state index in [0.717, 1.165) is 0 Å². The van der Waals surface area contributed by atoms with E-state index in [9.17, 15) is 0 Å². The molecule has 0 amide bonds. The molecule has 0 aliphatic heterocycles. The van der Waals surface area contributed by atoms with Gasteiger partial charge in [0.2, 0.25) is 0 Å². The Hall–Kier alpha value is -1.04. The molecule has 0 saturated carbocycles. The molecule has 1 aromatic carbocycles. The van der Waals surface area contributed by atoms with Gasteiger partial charge in [-0.2, -0.15) is 0 Å². The van der Waals surface area contributed by atoms with Crippen molar-refractivity contribution in [1.29, 1.82) is 0 Å². The van der Waals surface area contributed by atoms with Crippen LogP contribution >= 0.6 is 0 Å². The molecule has 12 heavy (non-hydrogen) atoms. The van der Waals surface area contributed by atoms with Gasteiger partial charge in [0.15, 0.2) is 0 Å². The number of hydrogen-bond donors (Lipinski definition) is 0. The van der Waals surface area contributed by atoms with E-state index in [4.69, 9.17) is 0 Å². The molecule has 0 spiro atoms. The van der Waals surface area contributed by atoms with Crippen molar-refractivity contribution in [1.82, 2.24) is 0 Å². The number of benzene rings is 1. The molecule has 0 atom stereocenters. The summed E-state index contributed by atoms with van der Waals surface area (Å²) in [6.45, 7) is 10.4. The highest BCUT2D eigenvalue weighted by Crippen LogP contribution is 2.08. The van der Waals surface area contributed by atoms with Gasteiger partial charge in [0.05, 0.1) is 0 Å². The standard InChI is InChI=1S/C10H14.C2H4/c1-3-6-10-8-5-4-7-9(10)2;1-2/h4-5,7-8H,3,6H2,1-2H3;1-2H2. The molecule has 0 radical (unpaired) electrons. The predicted octanol–water partition coefficient (Wildman–Crippen LogP) is 3.75. The molecule has 0 nitrogen and oxygen atoms in total. The first-order chi connectivity index (χ1) is 5.84. The van der Waals surface area contributed by atoms with Crippen LogP contribution in [0.2, 0.25) is 0 Å². The largest absolute Gasteiger partial charge is 0.106 e. The molecule has 0 aliphatic rings. The fraction of sp³-hybridized carbons (Fsp3) is 0.333. The Balaban J connectivity index is 0.000000561. The SMILES string of the molecule is C=C.CCCc1ccccc1C. The Bertz CT molecular complexity index is 213. The Kier molecular flexibility index (Phi) is 6.08. The molecule has 1 rings (SSSR count). The zero-order valence-electron chi connectivity index (χ0n) is 8.14. The maximum Gasteiger partial charge on any atom is -0.0279 e. The quantitative estimate of drug-likeness (QED) is 0.581. The van der Waals surface area contributed by atoms with Crippen molar-refractivity contribution in [3.05, 3.63) is 48.6 Å². The molecule has 1 aromatic rings. The van der Waals surface area contributed by atoms with E-state index in [-0.39, 0.29) is 0 Å². The molecule has 0 heteroatoms. The summed E-state index contributed by atoms with van der Waals surface area (Å²) in [5.74, 6) is 0. The summed E-state index contributed by atoms with van der Waals surface area (Å²) in [5.41, 5.74) is 2.91. The van der Waals surface area contributed by atoms with E-state index in [1.54, 1.807) is 0 Å². The molecule has 0 saturated heterocycles. The van der Waals surface area contributed by atoms with Crippen molar-refractivity contribution >= 4 is 0 Å². The topological polar surface area (TPSA) is 0 Å². The third kappa shape index (κ3) is 3.38. The van der Waals surface area contributed by atoms with Gasteiger partial charge < -0.3 is 0 Å². The van der Waals surface area contributed by atoms with Crippen LogP contribution in [0.15, 0.2) is 37.4 Å². The highest BCUT2D eigenvalue weighted by atomic mass is 14.0. The second-order valence-electron chi connectivity index (χ2n) is 2.68. The van der Waals surface area contributed by atoms with E-state index < -0.39 is 0 Å². The van der Waals surface area contributed by atoms with Gasteiger partial charge in [0.1, 0.15) is 0 Å². The summed E-state index contributed by atoms with van der Waals surface area (Å²) < 4.78 is 0. The van der Waals surface area contributed by atoms with Crippen molar-refractivity contribution in [2.75, 3.05) is 0 Å². The summed E-state index contributed by atoms with van der Waals surface area (Å²) >= 11 is 0. The van der Waals surface area contributed by atoms with Crippen LogP contribution in [0.25, 0.3) is 0 Å². The van der Waals surface area contributed by atoms with Crippen LogP contribution in [-0.4, -0.2) is 0 Å². The average molecular weight is 162 g/mol. The lowest BCUT2D eigenvalue weighted by Gasteiger charge is -2.01. The monoisotopic (exact) mass is 162 g/mol. The van der Waals surface area contributed by atoms with Crippen LogP contribution in [0.4, 0.5) is 0 Å². The van der Waals surface area contributed by atoms with Gasteiger partial charge in [0.25, 0.3) is 0 Å². The molecule has 0 fully saturated rings. The van der Waals surface area contributed by atoms with Crippen molar-refractivity contribution in [2.24, 2.45) is 0 Å². The number of rotatable bonds is 2. The maximum absolute atomic E-state index is 3.00. The van der Waals surface area contributed by atoms with Crippen LogP contribution in [0, 0.1) is 6.92 Å². The van der Waals surface area contributed by atoms with Crippen LogP contribution < -0.4 is 0 Å². The Morgan fingerprint density at radius 1 is 1.17 bits per heavy atom. The molecule has 0 aromatic heterocycles. The lowest BCUT2D eigenvalue weighted by atomic mass is 10.1. The second kappa shape index (κ2) is 6.66. The summed E-state index contributed by atoms with van der Waals surface area (Å²) in [4.78, 5) is 0. The summed E-state index contributed by atoms with van der Waals surface area (Å²) in [6, 6.07) is 8.58. The van der Waals surface area contributed by atoms with Gasteiger partial charge in [0, 0.05) is 0 Å². The van der Waals surface area contributed by atoms with Crippen molar-refractivity contribution in [3.63, 3.8) is 0 Å². The first-order valence-corrected chi connectivity index (χ1v) is 4.39. The molecular weight excluding hydrogens is 144 g/mol. The first kappa shape index (κ1) is 11.0. The first-order valence-electron chi connectivity index (χ1n) is 4.39. The third-order valence-corrected chi connectivity index (χ3v) is 1.78. The Morgan fingerprint density at radius 2 is 1.75 bits per heavy atom. The van der Waals surface area contributed by atoms with Gasteiger partial charge in [-0.3, -0.25) is 0 Å². The minimum absolute atomic E-state index is 1.21. The minimum atomic E-state index is 1.21. The lowest BCUT2D eigenvalue weighted by Crippen LogP contribution is -1.85. The Labute approximate surface area is 75.9 Å². The zero-order chi connectivity index (χ0) is 9.40. The minimum Gasteiger partial charge on any atom is -0.106 e. The summed E-state index contributed by atoms with van der Waals surface area (Å²) in [6.07, 6.45) is 2.46. The van der Waals surface area contributed by atoms with Crippen molar-refractivity contribution in [2.45, 2.75) is 26.7 Å². The fourth-order valence-corrected chi connectivity index (χ4v) is 1.16. The maximum atomic E-state index is 3.00. The van der Waals surface area contributed by atoms with Gasteiger partial charge in [-0.15, -0.1) is 13.2 Å². The van der Waals surface area contributed by atoms with Gasteiger partial charge in [-0.25, -0.2) is 0 Å². The number of hydrogen-bond acceptors (Lipinski definition) is 0. The molecule has 0 aliphatic carbocycles. The van der Waals surface area contributed by atoms with Crippen LogP contribution in [0.1, 0.15) is 24.5 Å². The van der Waals surface area contributed by atoms with Crippen molar-refractivity contribution < 1.29 is 0 Å². The van der Waals surface area contributed by atoms with E-state index in [1.165, 1.54) is 24.0 Å². The fourth-order valence-electron chi connectivity index (χ4n) is 1.16.